The van der Waals surface area contributed by atoms with E-state index >= 15 is 0 Å². The number of halogens is 3. The first-order valence-electron chi connectivity index (χ1n) is 6.49. The predicted molar refractivity (Wildman–Crippen MR) is 63.9 cm³/mol. The van der Waals surface area contributed by atoms with Gasteiger partial charge in [0.2, 0.25) is 0 Å². The Morgan fingerprint density at radius 1 is 1.21 bits per heavy atom. The highest BCUT2D eigenvalue weighted by atomic mass is 19.4. The third-order valence-electron chi connectivity index (χ3n) is 3.40. The number of rotatable bonds is 7. The van der Waals surface area contributed by atoms with Crippen LogP contribution in [-0.4, -0.2) is 68.9 Å². The standard InChI is InChI=1S/C12H22F3NO3/c1-18-8-9-19-7-6-16-4-2-10(3-5-16)11(17)12(13,14)15/h10-11,17H,2-9H2,1H3. The first-order valence-corrected chi connectivity index (χ1v) is 6.49. The van der Waals surface area contributed by atoms with Crippen molar-refractivity contribution >= 4 is 0 Å². The quantitative estimate of drug-likeness (QED) is 0.716. The lowest BCUT2D eigenvalue weighted by Crippen LogP contribution is -2.44. The molecule has 0 bridgehead atoms. The molecule has 1 unspecified atom stereocenters. The Kier molecular flexibility index (Phi) is 7.06. The van der Waals surface area contributed by atoms with Crippen molar-refractivity contribution in [1.82, 2.24) is 4.90 Å². The molecule has 1 heterocycles. The highest BCUT2D eigenvalue weighted by Crippen LogP contribution is 2.31. The van der Waals surface area contributed by atoms with Crippen molar-refractivity contribution in [2.24, 2.45) is 5.92 Å². The van der Waals surface area contributed by atoms with Crippen molar-refractivity contribution in [2.45, 2.75) is 25.1 Å². The number of methoxy groups -OCH3 is 1. The predicted octanol–water partition coefficient (Wildman–Crippen LogP) is 1.28. The van der Waals surface area contributed by atoms with Gasteiger partial charge in [-0.1, -0.05) is 0 Å². The molecule has 1 aliphatic heterocycles. The highest BCUT2D eigenvalue weighted by Gasteiger charge is 2.43. The monoisotopic (exact) mass is 285 g/mol. The van der Waals surface area contributed by atoms with Crippen molar-refractivity contribution in [3.63, 3.8) is 0 Å². The number of aliphatic hydroxyl groups excluding tert-OH is 1. The second kappa shape index (κ2) is 8.04. The fraction of sp³-hybridized carbons (Fsp3) is 1.00. The molecule has 0 amide bonds. The van der Waals surface area contributed by atoms with Crippen LogP contribution in [-0.2, 0) is 9.47 Å². The Balaban J connectivity index is 2.15. The van der Waals surface area contributed by atoms with Crippen LogP contribution in [0.2, 0.25) is 0 Å². The van der Waals surface area contributed by atoms with Gasteiger partial charge < -0.3 is 19.5 Å². The number of aliphatic hydroxyl groups is 1. The number of ether oxygens (including phenoxy) is 2. The third-order valence-corrected chi connectivity index (χ3v) is 3.40. The largest absolute Gasteiger partial charge is 0.414 e. The van der Waals surface area contributed by atoms with E-state index in [9.17, 15) is 18.3 Å². The molecule has 1 saturated heterocycles. The van der Waals surface area contributed by atoms with E-state index in [1.54, 1.807) is 7.11 Å². The molecular formula is C12H22F3NO3. The fourth-order valence-corrected chi connectivity index (χ4v) is 2.20. The molecule has 0 radical (unpaired) electrons. The summed E-state index contributed by atoms with van der Waals surface area (Å²) < 4.78 is 47.2. The zero-order chi connectivity index (χ0) is 14.3. The Morgan fingerprint density at radius 3 is 2.37 bits per heavy atom. The summed E-state index contributed by atoms with van der Waals surface area (Å²) >= 11 is 0. The van der Waals surface area contributed by atoms with Crippen molar-refractivity contribution in [2.75, 3.05) is 46.6 Å². The van der Waals surface area contributed by atoms with Crippen molar-refractivity contribution in [3.05, 3.63) is 0 Å². The van der Waals surface area contributed by atoms with Crippen LogP contribution in [0, 0.1) is 5.92 Å². The van der Waals surface area contributed by atoms with E-state index in [2.05, 4.69) is 4.90 Å². The Bertz CT molecular complexity index is 243. The minimum atomic E-state index is -4.50. The maximum absolute atomic E-state index is 12.4. The molecule has 19 heavy (non-hydrogen) atoms. The van der Waals surface area contributed by atoms with Crippen LogP contribution < -0.4 is 0 Å². The third kappa shape index (κ3) is 6.07. The van der Waals surface area contributed by atoms with Crippen LogP contribution in [0.1, 0.15) is 12.8 Å². The van der Waals surface area contributed by atoms with Crippen LogP contribution >= 0.6 is 0 Å². The lowest BCUT2D eigenvalue weighted by molar-refractivity contribution is -0.223. The number of likely N-dealkylation sites (tertiary alicyclic amines) is 1. The smallest absolute Gasteiger partial charge is 0.383 e. The van der Waals surface area contributed by atoms with Crippen LogP contribution in [0.25, 0.3) is 0 Å². The zero-order valence-electron chi connectivity index (χ0n) is 11.2. The molecule has 0 aromatic rings. The second-order valence-electron chi connectivity index (χ2n) is 4.77. The summed E-state index contributed by atoms with van der Waals surface area (Å²) in [5.41, 5.74) is 0. The molecule has 1 rings (SSSR count). The average Bonchev–Trinajstić information content (AvgIpc) is 2.37. The van der Waals surface area contributed by atoms with Crippen LogP contribution in [0.15, 0.2) is 0 Å². The lowest BCUT2D eigenvalue weighted by atomic mass is 9.91. The summed E-state index contributed by atoms with van der Waals surface area (Å²) in [6, 6.07) is 0. The van der Waals surface area contributed by atoms with E-state index in [0.29, 0.717) is 52.3 Å². The van der Waals surface area contributed by atoms with Gasteiger partial charge in [-0.25, -0.2) is 0 Å². The molecule has 0 aliphatic carbocycles. The van der Waals surface area contributed by atoms with E-state index < -0.39 is 18.2 Å². The molecule has 114 valence electrons. The van der Waals surface area contributed by atoms with Gasteiger partial charge in [-0.2, -0.15) is 13.2 Å². The summed E-state index contributed by atoms with van der Waals surface area (Å²) in [4.78, 5) is 2.06. The Morgan fingerprint density at radius 2 is 1.84 bits per heavy atom. The molecule has 1 aliphatic rings. The normalized spacial score (nSPS) is 20.7. The Hall–Kier alpha value is -0.370. The van der Waals surface area contributed by atoms with Crippen molar-refractivity contribution < 1.29 is 27.8 Å². The van der Waals surface area contributed by atoms with E-state index in [4.69, 9.17) is 9.47 Å². The van der Waals surface area contributed by atoms with Gasteiger partial charge in [-0.3, -0.25) is 0 Å². The summed E-state index contributed by atoms with van der Waals surface area (Å²) in [6.45, 7) is 3.48. The van der Waals surface area contributed by atoms with Gasteiger partial charge in [0.15, 0.2) is 6.10 Å². The molecule has 7 heteroatoms. The number of nitrogens with zero attached hydrogens (tertiary/aromatic N) is 1. The molecule has 0 aromatic heterocycles. The van der Waals surface area contributed by atoms with E-state index in [1.165, 1.54) is 0 Å². The zero-order valence-corrected chi connectivity index (χ0v) is 11.2. The van der Waals surface area contributed by atoms with Gasteiger partial charge in [-0.05, 0) is 31.8 Å². The van der Waals surface area contributed by atoms with Gasteiger partial charge >= 0.3 is 6.18 Å². The maximum atomic E-state index is 12.4. The summed E-state index contributed by atoms with van der Waals surface area (Å²) in [5.74, 6) is -0.675. The molecule has 1 atom stereocenters. The van der Waals surface area contributed by atoms with Gasteiger partial charge in [0, 0.05) is 13.7 Å². The van der Waals surface area contributed by atoms with Gasteiger partial charge in [0.1, 0.15) is 0 Å². The van der Waals surface area contributed by atoms with Crippen molar-refractivity contribution in [1.29, 1.82) is 0 Å². The molecule has 1 N–H and O–H groups in total. The van der Waals surface area contributed by atoms with E-state index in [-0.39, 0.29) is 0 Å². The SMILES string of the molecule is COCCOCCN1CCC(C(O)C(F)(F)F)CC1. The minimum Gasteiger partial charge on any atom is -0.383 e. The minimum absolute atomic E-state index is 0.374. The summed E-state index contributed by atoms with van der Waals surface area (Å²) in [6.07, 6.45) is -5.94. The number of hydrogen-bond donors (Lipinski definition) is 1. The van der Waals surface area contributed by atoms with E-state index in [0.717, 1.165) is 0 Å². The van der Waals surface area contributed by atoms with Gasteiger partial charge in [0.25, 0.3) is 0 Å². The Labute approximate surface area is 111 Å². The first kappa shape index (κ1) is 16.7. The van der Waals surface area contributed by atoms with Crippen LogP contribution in [0.3, 0.4) is 0 Å². The van der Waals surface area contributed by atoms with Crippen molar-refractivity contribution in [3.8, 4) is 0 Å². The van der Waals surface area contributed by atoms with E-state index in [1.807, 2.05) is 0 Å². The highest BCUT2D eigenvalue weighted by molar-refractivity contribution is 4.81. The molecular weight excluding hydrogens is 263 g/mol. The molecule has 0 saturated carbocycles. The lowest BCUT2D eigenvalue weighted by Gasteiger charge is -2.34. The molecule has 1 fully saturated rings. The maximum Gasteiger partial charge on any atom is 0.414 e. The van der Waals surface area contributed by atoms with Gasteiger partial charge in [-0.15, -0.1) is 0 Å². The molecule has 0 spiro atoms. The average molecular weight is 285 g/mol. The number of piperidine rings is 1. The number of alkyl halides is 3. The first-order chi connectivity index (χ1) is 8.95. The molecule has 0 aromatic carbocycles. The fourth-order valence-electron chi connectivity index (χ4n) is 2.20. The van der Waals surface area contributed by atoms with Crippen LogP contribution in [0.5, 0.6) is 0 Å². The van der Waals surface area contributed by atoms with Gasteiger partial charge in [0.05, 0.1) is 19.8 Å². The second-order valence-corrected chi connectivity index (χ2v) is 4.77. The summed E-state index contributed by atoms with van der Waals surface area (Å²) in [7, 11) is 1.60. The topological polar surface area (TPSA) is 41.9 Å². The summed E-state index contributed by atoms with van der Waals surface area (Å²) in [5, 5.41) is 9.19. The number of hydrogen-bond acceptors (Lipinski definition) is 4. The molecule has 4 nitrogen and oxygen atoms in total. The van der Waals surface area contributed by atoms with Crippen LogP contribution in [0.4, 0.5) is 13.2 Å².